The average Bonchev–Trinajstić information content (AvgIpc) is 3.11. The van der Waals surface area contributed by atoms with Gasteiger partial charge in [0, 0.05) is 17.8 Å². The maximum atomic E-state index is 12.0. The van der Waals surface area contributed by atoms with E-state index >= 15 is 0 Å². The number of fused-ring (bicyclic) bond motifs is 1. The molecule has 0 N–H and O–H groups in total. The number of benzene rings is 3. The Morgan fingerprint density at radius 3 is 2.52 bits per heavy atom. The van der Waals surface area contributed by atoms with E-state index < -0.39 is 16.4 Å². The highest BCUT2D eigenvalue weighted by molar-refractivity contribution is 5.87. The summed E-state index contributed by atoms with van der Waals surface area (Å²) in [5.41, 5.74) is 2.58. The van der Waals surface area contributed by atoms with Gasteiger partial charge in [-0.25, -0.2) is 4.98 Å². The van der Waals surface area contributed by atoms with Crippen molar-refractivity contribution in [1.82, 2.24) is 4.98 Å². The molecule has 0 saturated carbocycles. The summed E-state index contributed by atoms with van der Waals surface area (Å²) in [6.07, 6.45) is 1.32. The van der Waals surface area contributed by atoms with Crippen molar-refractivity contribution in [2.45, 2.75) is 0 Å². The van der Waals surface area contributed by atoms with Crippen LogP contribution in [0.3, 0.4) is 0 Å². The van der Waals surface area contributed by atoms with Crippen molar-refractivity contribution in [2.75, 3.05) is 0 Å². The van der Waals surface area contributed by atoms with E-state index in [-0.39, 0.29) is 5.56 Å². The van der Waals surface area contributed by atoms with E-state index in [0.717, 1.165) is 11.1 Å². The molecular formula is C20H12N3O4-. The minimum absolute atomic E-state index is 0.159. The van der Waals surface area contributed by atoms with Crippen LogP contribution in [0.15, 0.2) is 76.1 Å². The summed E-state index contributed by atoms with van der Waals surface area (Å²) in [4.78, 5) is 18.8. The largest absolute Gasteiger partial charge is 0.867 e. The SMILES string of the molecule is O=[N+]([O-])c1cccc(C=Nc2ccc(-c3nc4ccccc4o3)cc2)c1[O-]. The first-order valence-electron chi connectivity index (χ1n) is 8.06. The summed E-state index contributed by atoms with van der Waals surface area (Å²) in [7, 11) is 0. The Labute approximate surface area is 153 Å². The summed E-state index contributed by atoms with van der Waals surface area (Å²) in [6.45, 7) is 0. The molecule has 1 heterocycles. The van der Waals surface area contributed by atoms with Crippen LogP contribution in [-0.4, -0.2) is 16.1 Å². The van der Waals surface area contributed by atoms with E-state index in [9.17, 15) is 15.2 Å². The lowest BCUT2D eigenvalue weighted by Gasteiger charge is -2.09. The van der Waals surface area contributed by atoms with E-state index in [1.807, 2.05) is 36.4 Å². The molecule has 0 saturated heterocycles. The Bertz CT molecular complexity index is 1130. The molecule has 0 bridgehead atoms. The molecule has 0 unspecified atom stereocenters. The molecule has 0 atom stereocenters. The second-order valence-electron chi connectivity index (χ2n) is 5.74. The quantitative estimate of drug-likeness (QED) is 0.308. The van der Waals surface area contributed by atoms with Crippen molar-refractivity contribution in [3.63, 3.8) is 0 Å². The predicted octanol–water partition coefficient (Wildman–Crippen LogP) is 4.23. The number of oxazole rings is 1. The van der Waals surface area contributed by atoms with Gasteiger partial charge in [0.1, 0.15) is 5.52 Å². The highest BCUT2D eigenvalue weighted by Gasteiger charge is 2.09. The van der Waals surface area contributed by atoms with Gasteiger partial charge >= 0.3 is 0 Å². The molecule has 27 heavy (non-hydrogen) atoms. The van der Waals surface area contributed by atoms with E-state index in [4.69, 9.17) is 4.42 Å². The number of hydrogen-bond donors (Lipinski definition) is 0. The van der Waals surface area contributed by atoms with E-state index in [1.54, 1.807) is 12.1 Å². The minimum Gasteiger partial charge on any atom is -0.867 e. The molecule has 0 spiro atoms. The highest BCUT2D eigenvalue weighted by atomic mass is 16.6. The zero-order valence-electron chi connectivity index (χ0n) is 13.9. The number of nitro groups is 1. The smallest absolute Gasteiger partial charge is 0.262 e. The summed E-state index contributed by atoms with van der Waals surface area (Å²) in [5, 5.41) is 22.8. The zero-order chi connectivity index (χ0) is 18.8. The van der Waals surface area contributed by atoms with Gasteiger partial charge in [0.25, 0.3) is 5.69 Å². The fourth-order valence-corrected chi connectivity index (χ4v) is 2.62. The van der Waals surface area contributed by atoms with Gasteiger partial charge in [-0.05, 0) is 47.7 Å². The van der Waals surface area contributed by atoms with Crippen LogP contribution in [0.5, 0.6) is 5.75 Å². The molecule has 0 radical (unpaired) electrons. The molecule has 3 aromatic carbocycles. The number of hydrogen-bond acceptors (Lipinski definition) is 6. The maximum Gasteiger partial charge on any atom is 0.262 e. The van der Waals surface area contributed by atoms with Crippen LogP contribution >= 0.6 is 0 Å². The number of rotatable bonds is 4. The number of aromatic nitrogens is 1. The monoisotopic (exact) mass is 358 g/mol. The van der Waals surface area contributed by atoms with Gasteiger partial charge in [-0.2, -0.15) is 0 Å². The molecule has 0 fully saturated rings. The van der Waals surface area contributed by atoms with Crippen LogP contribution in [0.1, 0.15) is 5.56 Å². The van der Waals surface area contributed by atoms with E-state index in [2.05, 4.69) is 9.98 Å². The third kappa shape index (κ3) is 3.25. The average molecular weight is 358 g/mol. The van der Waals surface area contributed by atoms with Crippen molar-refractivity contribution in [3.8, 4) is 17.2 Å². The summed E-state index contributed by atoms with van der Waals surface area (Å²) in [6, 6.07) is 18.7. The molecule has 0 amide bonds. The second kappa shape index (κ2) is 6.72. The normalized spacial score (nSPS) is 11.3. The van der Waals surface area contributed by atoms with Crippen molar-refractivity contribution < 1.29 is 14.4 Å². The molecule has 0 aliphatic carbocycles. The Morgan fingerprint density at radius 2 is 1.78 bits per heavy atom. The molecule has 4 aromatic rings. The maximum absolute atomic E-state index is 12.0. The van der Waals surface area contributed by atoms with Crippen molar-refractivity contribution in [2.24, 2.45) is 4.99 Å². The molecule has 7 heteroatoms. The van der Waals surface area contributed by atoms with Crippen molar-refractivity contribution in [3.05, 3.63) is 82.4 Å². The Kier molecular flexibility index (Phi) is 4.10. The fraction of sp³-hybridized carbons (Fsp3) is 0. The first-order valence-corrected chi connectivity index (χ1v) is 8.06. The van der Waals surface area contributed by atoms with Crippen LogP contribution in [-0.2, 0) is 0 Å². The van der Waals surface area contributed by atoms with E-state index in [0.29, 0.717) is 17.2 Å². The highest BCUT2D eigenvalue weighted by Crippen LogP contribution is 2.27. The third-order valence-corrected chi connectivity index (χ3v) is 3.98. The number of nitro benzene ring substituents is 1. The lowest BCUT2D eigenvalue weighted by atomic mass is 10.2. The molecule has 4 rings (SSSR count). The lowest BCUT2D eigenvalue weighted by Crippen LogP contribution is -2.01. The van der Waals surface area contributed by atoms with Crippen LogP contribution < -0.4 is 5.11 Å². The van der Waals surface area contributed by atoms with Gasteiger partial charge in [-0.1, -0.05) is 24.3 Å². The first-order chi connectivity index (χ1) is 13.1. The summed E-state index contributed by atoms with van der Waals surface area (Å²) in [5.74, 6) is -0.151. The van der Waals surface area contributed by atoms with Gasteiger partial charge in [-0.15, -0.1) is 0 Å². The van der Waals surface area contributed by atoms with Gasteiger partial charge in [-0.3, -0.25) is 15.1 Å². The first kappa shape index (κ1) is 16.5. The molecule has 7 nitrogen and oxygen atoms in total. The van der Waals surface area contributed by atoms with Crippen LogP contribution in [0.4, 0.5) is 11.4 Å². The van der Waals surface area contributed by atoms with Crippen molar-refractivity contribution in [1.29, 1.82) is 0 Å². The molecule has 1 aromatic heterocycles. The van der Waals surface area contributed by atoms with Gasteiger partial charge in [0.05, 0.1) is 10.6 Å². The number of nitrogens with zero attached hydrogens (tertiary/aromatic N) is 3. The zero-order valence-corrected chi connectivity index (χ0v) is 13.9. The fourth-order valence-electron chi connectivity index (χ4n) is 2.62. The minimum atomic E-state index is -0.700. The second-order valence-corrected chi connectivity index (χ2v) is 5.74. The van der Waals surface area contributed by atoms with Crippen molar-refractivity contribution >= 4 is 28.7 Å². The standard InChI is InChI=1S/C20H13N3O4/c24-19-14(4-3-6-17(19)23(25)26)12-21-15-10-8-13(9-11-15)20-22-16-5-1-2-7-18(16)27-20/h1-12,24H/p-1. The predicted molar refractivity (Wildman–Crippen MR) is 99.2 cm³/mol. The van der Waals surface area contributed by atoms with Crippen LogP contribution in [0.25, 0.3) is 22.6 Å². The van der Waals surface area contributed by atoms with Gasteiger partial charge < -0.3 is 9.52 Å². The topological polar surface area (TPSA) is 105 Å². The third-order valence-electron chi connectivity index (χ3n) is 3.98. The molecule has 0 aliphatic heterocycles. The Hall–Kier alpha value is -4.00. The Balaban J connectivity index is 1.58. The summed E-state index contributed by atoms with van der Waals surface area (Å²) < 4.78 is 5.72. The number of aliphatic imine (C=N–C) groups is 1. The van der Waals surface area contributed by atoms with Gasteiger partial charge in [0.15, 0.2) is 5.58 Å². The molecule has 132 valence electrons. The molecular weight excluding hydrogens is 346 g/mol. The van der Waals surface area contributed by atoms with Crippen LogP contribution in [0.2, 0.25) is 0 Å². The Morgan fingerprint density at radius 1 is 1.00 bits per heavy atom. The van der Waals surface area contributed by atoms with Gasteiger partial charge in [0.2, 0.25) is 5.89 Å². The lowest BCUT2D eigenvalue weighted by molar-refractivity contribution is -0.398. The summed E-state index contributed by atoms with van der Waals surface area (Å²) >= 11 is 0. The van der Waals surface area contributed by atoms with Crippen LogP contribution in [0, 0.1) is 10.1 Å². The molecule has 0 aliphatic rings. The van der Waals surface area contributed by atoms with E-state index in [1.165, 1.54) is 24.4 Å². The number of para-hydroxylation sites is 3.